The van der Waals surface area contributed by atoms with Gasteiger partial charge in [0, 0.05) is 31.8 Å². The first-order valence-electron chi connectivity index (χ1n) is 14.1. The van der Waals surface area contributed by atoms with E-state index < -0.39 is 5.60 Å². The van der Waals surface area contributed by atoms with E-state index in [1.54, 1.807) is 13.4 Å². The van der Waals surface area contributed by atoms with Crippen molar-refractivity contribution in [1.29, 1.82) is 0 Å². The number of hydrogen-bond donors (Lipinski definition) is 2. The normalized spacial score (nSPS) is 18.6. The highest BCUT2D eigenvalue weighted by Gasteiger charge is 2.27. The Kier molecular flexibility index (Phi) is 8.41. The van der Waals surface area contributed by atoms with E-state index in [0.717, 1.165) is 56.4 Å². The van der Waals surface area contributed by atoms with Crippen molar-refractivity contribution in [3.05, 3.63) is 30.1 Å². The first kappa shape index (κ1) is 28.1. The van der Waals surface area contributed by atoms with Crippen LogP contribution in [0.3, 0.4) is 0 Å². The number of hydrogen-bond acceptors (Lipinski definition) is 9. The van der Waals surface area contributed by atoms with Crippen LogP contribution >= 0.6 is 0 Å². The summed E-state index contributed by atoms with van der Waals surface area (Å²) in [4.78, 5) is 29.0. The third kappa shape index (κ3) is 6.31. The minimum absolute atomic E-state index is 0.118. The zero-order valence-electron chi connectivity index (χ0n) is 23.9. The number of alkyl carbamates (subject to hydrolysis) is 1. The maximum atomic E-state index is 12.1. The summed E-state index contributed by atoms with van der Waals surface area (Å²) in [5, 5.41) is 13.1. The van der Waals surface area contributed by atoms with Crippen LogP contribution in [0, 0.1) is 5.92 Å². The van der Waals surface area contributed by atoms with Crippen molar-refractivity contribution in [3.8, 4) is 17.0 Å². The Morgan fingerprint density at radius 2 is 1.98 bits per heavy atom. The number of imidazole rings is 1. The van der Waals surface area contributed by atoms with Crippen molar-refractivity contribution in [1.82, 2.24) is 24.8 Å². The van der Waals surface area contributed by atoms with Gasteiger partial charge in [-0.2, -0.15) is 4.98 Å². The molecule has 5 rings (SSSR count). The number of methoxy groups -OCH3 is 1. The molecule has 1 aromatic carbocycles. The fourth-order valence-electron chi connectivity index (χ4n) is 5.33. The molecule has 4 heterocycles. The maximum Gasteiger partial charge on any atom is 0.407 e. The van der Waals surface area contributed by atoms with E-state index in [1.165, 1.54) is 0 Å². The molecule has 1 atom stereocenters. The van der Waals surface area contributed by atoms with Gasteiger partial charge in [0.15, 0.2) is 5.65 Å². The third-order valence-corrected chi connectivity index (χ3v) is 7.44. The Hall–Kier alpha value is -3.44. The van der Waals surface area contributed by atoms with Crippen molar-refractivity contribution in [2.75, 3.05) is 38.3 Å². The first-order chi connectivity index (χ1) is 19.3. The lowest BCUT2D eigenvalue weighted by atomic mass is 9.97. The molecule has 2 aliphatic rings. The van der Waals surface area contributed by atoms with Crippen molar-refractivity contribution in [2.45, 2.75) is 71.3 Å². The topological polar surface area (TPSA) is 124 Å². The Balaban J connectivity index is 1.42. The van der Waals surface area contributed by atoms with Crippen LogP contribution in [0.1, 0.15) is 64.7 Å². The smallest absolute Gasteiger partial charge is 0.407 e. The van der Waals surface area contributed by atoms with Crippen LogP contribution in [-0.2, 0) is 16.1 Å². The van der Waals surface area contributed by atoms with Crippen molar-refractivity contribution in [2.24, 2.45) is 5.92 Å². The molecule has 0 bridgehead atoms. The summed E-state index contributed by atoms with van der Waals surface area (Å²) in [6.45, 7) is 8.23. The molecule has 2 fully saturated rings. The lowest BCUT2D eigenvalue weighted by Gasteiger charge is -2.32. The maximum absolute atomic E-state index is 12.1. The number of aliphatic hydroxyl groups is 1. The Morgan fingerprint density at radius 3 is 2.65 bits per heavy atom. The summed E-state index contributed by atoms with van der Waals surface area (Å²) in [7, 11) is 1.61. The standard InChI is InChI=1S/C29H40N6O5/c1-29(2,3)40-28(37)30-16-19-10-12-34(13-11-19)27-32-24(22-9-8-21(38-4)15-20(22)17-36)25-26(33-27)35(18-31-25)23-7-5-6-14-39-23/h8-9,15,18-19,23,36H,5-7,10-14,16-17H2,1-4H3,(H,30,37). The number of anilines is 1. The zero-order valence-corrected chi connectivity index (χ0v) is 23.9. The molecule has 2 aromatic heterocycles. The number of piperidine rings is 1. The van der Waals surface area contributed by atoms with Crippen molar-refractivity contribution in [3.63, 3.8) is 0 Å². The molecule has 11 heteroatoms. The van der Waals surface area contributed by atoms with Crippen molar-refractivity contribution >= 4 is 23.2 Å². The number of nitrogens with zero attached hydrogens (tertiary/aromatic N) is 5. The number of aromatic nitrogens is 4. The van der Waals surface area contributed by atoms with Gasteiger partial charge in [-0.3, -0.25) is 4.57 Å². The average Bonchev–Trinajstić information content (AvgIpc) is 3.39. The van der Waals surface area contributed by atoms with Gasteiger partial charge in [-0.1, -0.05) is 0 Å². The van der Waals surface area contributed by atoms with Gasteiger partial charge in [0.25, 0.3) is 0 Å². The lowest BCUT2D eigenvalue weighted by molar-refractivity contribution is -0.0298. The molecule has 0 saturated carbocycles. The minimum Gasteiger partial charge on any atom is -0.497 e. The van der Waals surface area contributed by atoms with E-state index in [4.69, 9.17) is 29.2 Å². The van der Waals surface area contributed by atoms with Crippen LogP contribution in [0.15, 0.2) is 24.5 Å². The van der Waals surface area contributed by atoms with Gasteiger partial charge in [-0.05, 0) is 82.6 Å². The Morgan fingerprint density at radius 1 is 1.18 bits per heavy atom. The molecule has 216 valence electrons. The fourth-order valence-corrected chi connectivity index (χ4v) is 5.33. The average molecular weight is 553 g/mol. The third-order valence-electron chi connectivity index (χ3n) is 7.44. The van der Waals surface area contributed by atoms with E-state index in [1.807, 2.05) is 43.5 Å². The second-order valence-corrected chi connectivity index (χ2v) is 11.5. The van der Waals surface area contributed by atoms with Gasteiger partial charge >= 0.3 is 6.09 Å². The minimum atomic E-state index is -0.518. The SMILES string of the molecule is COc1ccc(-c2nc(N3CCC(CNC(=O)OC(C)(C)C)CC3)nc3c2ncn3C2CCCCO2)c(CO)c1. The Labute approximate surface area is 234 Å². The summed E-state index contributed by atoms with van der Waals surface area (Å²) in [6.07, 6.45) is 6.12. The number of fused-ring (bicyclic) bond motifs is 1. The molecule has 0 radical (unpaired) electrons. The van der Waals surface area contributed by atoms with Crippen LogP contribution in [0.4, 0.5) is 10.7 Å². The van der Waals surface area contributed by atoms with Gasteiger partial charge in [0.1, 0.15) is 28.8 Å². The van der Waals surface area contributed by atoms with E-state index >= 15 is 0 Å². The predicted octanol–water partition coefficient (Wildman–Crippen LogP) is 4.43. The van der Waals surface area contributed by atoms with Gasteiger partial charge in [0.05, 0.1) is 20.0 Å². The number of nitrogens with one attached hydrogen (secondary N) is 1. The summed E-state index contributed by atoms with van der Waals surface area (Å²) in [5.74, 6) is 1.63. The van der Waals surface area contributed by atoms with Crippen LogP contribution in [0.2, 0.25) is 0 Å². The number of ether oxygens (including phenoxy) is 3. The highest BCUT2D eigenvalue weighted by Crippen LogP contribution is 2.35. The molecule has 11 nitrogen and oxygen atoms in total. The number of amides is 1. The van der Waals surface area contributed by atoms with Crippen LogP contribution in [-0.4, -0.2) is 69.7 Å². The predicted molar refractivity (Wildman–Crippen MR) is 151 cm³/mol. The summed E-state index contributed by atoms with van der Waals surface area (Å²) < 4.78 is 18.9. The Bertz CT molecular complexity index is 1320. The van der Waals surface area contributed by atoms with E-state index in [9.17, 15) is 9.90 Å². The molecule has 3 aromatic rings. The second-order valence-electron chi connectivity index (χ2n) is 11.5. The van der Waals surface area contributed by atoms with E-state index in [2.05, 4.69) is 10.2 Å². The van der Waals surface area contributed by atoms with Gasteiger partial charge in [0.2, 0.25) is 5.95 Å². The highest BCUT2D eigenvalue weighted by atomic mass is 16.6. The number of aliphatic hydroxyl groups excluding tert-OH is 1. The second kappa shape index (κ2) is 12.0. The number of carbonyl (C=O) groups is 1. The highest BCUT2D eigenvalue weighted by molar-refractivity contribution is 5.89. The molecular weight excluding hydrogens is 512 g/mol. The van der Waals surface area contributed by atoms with Gasteiger partial charge in [-0.25, -0.2) is 14.8 Å². The van der Waals surface area contributed by atoms with Crippen molar-refractivity contribution < 1.29 is 24.1 Å². The van der Waals surface area contributed by atoms with Crippen LogP contribution in [0.25, 0.3) is 22.4 Å². The molecule has 1 unspecified atom stereocenters. The number of rotatable bonds is 7. The van der Waals surface area contributed by atoms with Gasteiger partial charge in [-0.15, -0.1) is 0 Å². The molecule has 2 N–H and O–H groups in total. The van der Waals surface area contributed by atoms with Gasteiger partial charge < -0.3 is 29.5 Å². The molecule has 2 saturated heterocycles. The molecule has 40 heavy (non-hydrogen) atoms. The molecule has 2 aliphatic heterocycles. The van der Waals surface area contributed by atoms with Crippen LogP contribution < -0.4 is 15.0 Å². The van der Waals surface area contributed by atoms with E-state index in [-0.39, 0.29) is 18.9 Å². The quantitative estimate of drug-likeness (QED) is 0.438. The number of carbonyl (C=O) groups excluding carboxylic acids is 1. The van der Waals surface area contributed by atoms with Crippen LogP contribution in [0.5, 0.6) is 5.75 Å². The lowest BCUT2D eigenvalue weighted by Crippen LogP contribution is -2.40. The molecule has 0 aliphatic carbocycles. The number of benzene rings is 1. The summed E-state index contributed by atoms with van der Waals surface area (Å²) in [5.41, 5.74) is 3.06. The molecule has 1 amide bonds. The molecule has 0 spiro atoms. The zero-order chi connectivity index (χ0) is 28.3. The monoisotopic (exact) mass is 552 g/mol. The first-order valence-corrected chi connectivity index (χ1v) is 14.1. The fraction of sp³-hybridized carbons (Fsp3) is 0.586. The summed E-state index contributed by atoms with van der Waals surface area (Å²) >= 11 is 0. The molecular formula is C29H40N6O5. The largest absolute Gasteiger partial charge is 0.497 e. The summed E-state index contributed by atoms with van der Waals surface area (Å²) in [6, 6.07) is 5.61. The van der Waals surface area contributed by atoms with E-state index in [0.29, 0.717) is 47.5 Å².